The molecule has 12 heteroatoms. The van der Waals surface area contributed by atoms with Crippen LogP contribution in [0, 0.1) is 0 Å². The Morgan fingerprint density at radius 3 is 2.54 bits per heavy atom. The summed E-state index contributed by atoms with van der Waals surface area (Å²) in [7, 11) is 1.19. The molecule has 0 saturated carbocycles. The van der Waals surface area contributed by atoms with Crippen molar-refractivity contribution in [3.8, 4) is 0 Å². The molecule has 2 aromatic rings. The SMILES string of the molecule is COC(=O)C=C1SC(=NC(=O)c2ccc(Cl)cc2Cl)N(c2ccc(C(=O)N3CCCNCC3)cc2)C1=O. The highest BCUT2D eigenvalue weighted by Crippen LogP contribution is 2.35. The number of aliphatic imine (C=N–C) groups is 1. The number of rotatable bonds is 4. The minimum absolute atomic E-state index is 0.0221. The maximum Gasteiger partial charge on any atom is 0.331 e. The normalized spacial score (nSPS) is 18.3. The molecule has 37 heavy (non-hydrogen) atoms. The number of halogens is 2. The Bertz CT molecular complexity index is 1300. The van der Waals surface area contributed by atoms with E-state index in [0.717, 1.165) is 37.3 Å². The van der Waals surface area contributed by atoms with Gasteiger partial charge in [0.1, 0.15) is 0 Å². The third-order valence-corrected chi connectivity index (χ3v) is 7.13. The van der Waals surface area contributed by atoms with Crippen molar-refractivity contribution in [2.75, 3.05) is 38.2 Å². The van der Waals surface area contributed by atoms with Crippen molar-refractivity contribution >= 4 is 69.5 Å². The van der Waals surface area contributed by atoms with Gasteiger partial charge in [-0.3, -0.25) is 19.3 Å². The van der Waals surface area contributed by atoms with Crippen LogP contribution in [0.4, 0.5) is 5.69 Å². The largest absolute Gasteiger partial charge is 0.466 e. The second-order valence-corrected chi connectivity index (χ2v) is 9.89. The lowest BCUT2D eigenvalue weighted by atomic mass is 10.1. The number of methoxy groups -OCH3 is 1. The van der Waals surface area contributed by atoms with Gasteiger partial charge in [-0.1, -0.05) is 23.2 Å². The van der Waals surface area contributed by atoms with Crippen LogP contribution in [0.25, 0.3) is 0 Å². The van der Waals surface area contributed by atoms with Gasteiger partial charge in [-0.15, -0.1) is 0 Å². The molecule has 0 spiro atoms. The number of hydrogen-bond donors (Lipinski definition) is 1. The Labute approximate surface area is 227 Å². The van der Waals surface area contributed by atoms with Gasteiger partial charge in [-0.25, -0.2) is 4.79 Å². The zero-order valence-corrected chi connectivity index (χ0v) is 22.0. The molecule has 2 aliphatic heterocycles. The van der Waals surface area contributed by atoms with Crippen LogP contribution < -0.4 is 10.2 Å². The van der Waals surface area contributed by atoms with Crippen molar-refractivity contribution in [3.63, 3.8) is 0 Å². The minimum atomic E-state index is -0.725. The van der Waals surface area contributed by atoms with E-state index in [1.54, 1.807) is 29.2 Å². The van der Waals surface area contributed by atoms with Crippen molar-refractivity contribution in [2.45, 2.75) is 6.42 Å². The molecule has 2 fully saturated rings. The standard InChI is InChI=1S/C25H22Cl2N4O5S/c1-36-21(32)14-20-24(35)31(25(37-20)29-22(33)18-8-5-16(26)13-19(18)27)17-6-3-15(4-7-17)23(34)30-11-2-9-28-10-12-30/h3-8,13-14,28H,2,9-12H2,1H3. The summed E-state index contributed by atoms with van der Waals surface area (Å²) in [6, 6.07) is 10.8. The second kappa shape index (κ2) is 11.9. The summed E-state index contributed by atoms with van der Waals surface area (Å²) < 4.78 is 4.64. The summed E-state index contributed by atoms with van der Waals surface area (Å²) >= 11 is 12.9. The van der Waals surface area contributed by atoms with Crippen molar-refractivity contribution in [3.05, 3.63) is 74.6 Å². The molecule has 0 atom stereocenters. The maximum atomic E-state index is 13.2. The van der Waals surface area contributed by atoms with E-state index < -0.39 is 17.8 Å². The van der Waals surface area contributed by atoms with Crippen LogP contribution in [0.15, 0.2) is 58.4 Å². The lowest BCUT2D eigenvalue weighted by Gasteiger charge is -2.21. The zero-order chi connectivity index (χ0) is 26.5. The predicted molar refractivity (Wildman–Crippen MR) is 143 cm³/mol. The van der Waals surface area contributed by atoms with Gasteiger partial charge < -0.3 is 15.0 Å². The molecular weight excluding hydrogens is 539 g/mol. The van der Waals surface area contributed by atoms with Crippen molar-refractivity contribution in [2.24, 2.45) is 4.99 Å². The lowest BCUT2D eigenvalue weighted by Crippen LogP contribution is -2.34. The smallest absolute Gasteiger partial charge is 0.331 e. The fourth-order valence-corrected chi connectivity index (χ4v) is 5.16. The number of nitrogens with one attached hydrogen (secondary N) is 1. The van der Waals surface area contributed by atoms with Crippen molar-refractivity contribution in [1.82, 2.24) is 10.2 Å². The van der Waals surface area contributed by atoms with Crippen LogP contribution in [0.5, 0.6) is 0 Å². The highest BCUT2D eigenvalue weighted by atomic mass is 35.5. The van der Waals surface area contributed by atoms with E-state index in [4.69, 9.17) is 23.2 Å². The van der Waals surface area contributed by atoms with E-state index in [2.05, 4.69) is 15.0 Å². The summed E-state index contributed by atoms with van der Waals surface area (Å²) in [4.78, 5) is 58.0. The van der Waals surface area contributed by atoms with Crippen LogP contribution in [-0.2, 0) is 14.3 Å². The van der Waals surface area contributed by atoms with Gasteiger partial charge in [0, 0.05) is 36.3 Å². The van der Waals surface area contributed by atoms with Crippen LogP contribution in [0.2, 0.25) is 10.0 Å². The summed E-state index contributed by atoms with van der Waals surface area (Å²) in [5, 5.41) is 3.75. The average molecular weight is 561 g/mol. The number of amides is 3. The Balaban J connectivity index is 1.66. The summed E-state index contributed by atoms with van der Waals surface area (Å²) in [5.41, 5.74) is 0.941. The quantitative estimate of drug-likeness (QED) is 0.448. The number of amidine groups is 1. The zero-order valence-electron chi connectivity index (χ0n) is 19.7. The number of ether oxygens (including phenoxy) is 1. The number of carbonyl (C=O) groups excluding carboxylic acids is 4. The Hall–Kier alpha value is -3.18. The van der Waals surface area contributed by atoms with E-state index >= 15 is 0 Å². The summed E-state index contributed by atoms with van der Waals surface area (Å²) in [5.74, 6) is -2.09. The van der Waals surface area contributed by atoms with E-state index in [-0.39, 0.29) is 26.6 Å². The molecule has 3 amide bonds. The van der Waals surface area contributed by atoms with E-state index in [1.165, 1.54) is 30.2 Å². The molecule has 2 aromatic carbocycles. The molecule has 4 rings (SSSR count). The molecule has 0 aliphatic carbocycles. The Kier molecular flexibility index (Phi) is 8.65. The molecule has 0 aromatic heterocycles. The topological polar surface area (TPSA) is 108 Å². The van der Waals surface area contributed by atoms with Gasteiger partial charge in [-0.05, 0) is 67.2 Å². The van der Waals surface area contributed by atoms with Gasteiger partial charge in [0.2, 0.25) is 0 Å². The molecule has 192 valence electrons. The number of hydrogen-bond acceptors (Lipinski definition) is 7. The number of benzene rings is 2. The van der Waals surface area contributed by atoms with Gasteiger partial charge in [-0.2, -0.15) is 4.99 Å². The van der Waals surface area contributed by atoms with Gasteiger partial charge in [0.25, 0.3) is 17.7 Å². The van der Waals surface area contributed by atoms with Crippen molar-refractivity contribution < 1.29 is 23.9 Å². The van der Waals surface area contributed by atoms with E-state index in [0.29, 0.717) is 29.4 Å². The van der Waals surface area contributed by atoms with Crippen molar-refractivity contribution in [1.29, 1.82) is 0 Å². The molecule has 1 N–H and O–H groups in total. The first-order chi connectivity index (χ1) is 17.8. The molecule has 0 unspecified atom stereocenters. The fourth-order valence-electron chi connectivity index (χ4n) is 3.74. The Morgan fingerprint density at radius 2 is 1.84 bits per heavy atom. The fraction of sp³-hybridized carbons (Fsp3) is 0.240. The van der Waals surface area contributed by atoms with E-state index in [9.17, 15) is 19.2 Å². The number of esters is 1. The summed E-state index contributed by atoms with van der Waals surface area (Å²) in [6.45, 7) is 2.85. The van der Waals surface area contributed by atoms with Crippen LogP contribution in [0.3, 0.4) is 0 Å². The van der Waals surface area contributed by atoms with Crippen LogP contribution in [-0.4, -0.2) is 67.0 Å². The average Bonchev–Trinajstić information content (AvgIpc) is 3.05. The molecular formula is C25H22Cl2N4O5S. The number of thioether (sulfide) groups is 1. The third-order valence-electron chi connectivity index (χ3n) is 5.62. The second-order valence-electron chi connectivity index (χ2n) is 8.04. The number of anilines is 1. The first-order valence-corrected chi connectivity index (χ1v) is 12.9. The van der Waals surface area contributed by atoms with Crippen LogP contribution in [0.1, 0.15) is 27.1 Å². The van der Waals surface area contributed by atoms with Gasteiger partial charge >= 0.3 is 5.97 Å². The monoisotopic (exact) mass is 560 g/mol. The maximum absolute atomic E-state index is 13.2. The Morgan fingerprint density at radius 1 is 1.08 bits per heavy atom. The van der Waals surface area contributed by atoms with Gasteiger partial charge in [0.15, 0.2) is 5.17 Å². The van der Waals surface area contributed by atoms with E-state index in [1.807, 2.05) is 0 Å². The third kappa shape index (κ3) is 6.22. The first-order valence-electron chi connectivity index (χ1n) is 11.3. The van der Waals surface area contributed by atoms with Gasteiger partial charge in [0.05, 0.1) is 28.3 Å². The number of nitrogens with zero attached hydrogens (tertiary/aromatic N) is 3. The highest BCUT2D eigenvalue weighted by Gasteiger charge is 2.36. The molecule has 0 bridgehead atoms. The highest BCUT2D eigenvalue weighted by molar-refractivity contribution is 8.19. The molecule has 0 radical (unpaired) electrons. The number of carbonyl (C=O) groups is 4. The molecule has 2 aliphatic rings. The molecule has 9 nitrogen and oxygen atoms in total. The predicted octanol–water partition coefficient (Wildman–Crippen LogP) is 3.76. The molecule has 2 heterocycles. The minimum Gasteiger partial charge on any atom is -0.466 e. The molecule has 2 saturated heterocycles. The summed E-state index contributed by atoms with van der Waals surface area (Å²) in [6.07, 6.45) is 1.90. The lowest BCUT2D eigenvalue weighted by molar-refractivity contribution is -0.135. The first kappa shape index (κ1) is 26.9. The van der Waals surface area contributed by atoms with Crippen LogP contribution >= 0.6 is 35.0 Å².